The van der Waals surface area contributed by atoms with E-state index in [0.29, 0.717) is 4.34 Å². The molecule has 0 saturated heterocycles. The van der Waals surface area contributed by atoms with Crippen LogP contribution in [0.3, 0.4) is 0 Å². The third-order valence-corrected chi connectivity index (χ3v) is 5.27. The van der Waals surface area contributed by atoms with Gasteiger partial charge < -0.3 is 5.73 Å². The van der Waals surface area contributed by atoms with Crippen LogP contribution in [0, 0.1) is 0 Å². The quantitative estimate of drug-likeness (QED) is 0.866. The van der Waals surface area contributed by atoms with Crippen molar-refractivity contribution in [2.24, 2.45) is 5.73 Å². The molecule has 94 valence electrons. The standard InChI is InChI=1S/C14H13Cl2NS/c15-11-8-10(13(16)18-11)12(17)14(6-7-14)9-4-2-1-3-5-9/h1-5,8,12H,6-7,17H2. The molecule has 0 spiro atoms. The van der Waals surface area contributed by atoms with Crippen LogP contribution in [0.25, 0.3) is 0 Å². The molecule has 1 unspecified atom stereocenters. The van der Waals surface area contributed by atoms with Crippen LogP contribution < -0.4 is 5.73 Å². The number of thiophene rings is 1. The van der Waals surface area contributed by atoms with Crippen LogP contribution in [0.2, 0.25) is 8.67 Å². The molecular weight excluding hydrogens is 285 g/mol. The lowest BCUT2D eigenvalue weighted by Gasteiger charge is -2.23. The molecule has 1 aromatic heterocycles. The molecule has 1 aromatic carbocycles. The monoisotopic (exact) mass is 297 g/mol. The Bertz CT molecular complexity index is 560. The average molecular weight is 298 g/mol. The first kappa shape index (κ1) is 12.5. The Hall–Kier alpha value is -0.540. The molecule has 1 atom stereocenters. The zero-order chi connectivity index (χ0) is 12.8. The van der Waals surface area contributed by atoms with E-state index in [1.54, 1.807) is 0 Å². The maximum atomic E-state index is 6.45. The molecule has 1 aliphatic carbocycles. The molecular formula is C14H13Cl2NS. The van der Waals surface area contributed by atoms with Gasteiger partial charge in [0.1, 0.15) is 0 Å². The van der Waals surface area contributed by atoms with E-state index < -0.39 is 0 Å². The molecule has 1 nitrogen and oxygen atoms in total. The predicted octanol–water partition coefficient (Wildman–Crippen LogP) is 4.79. The summed E-state index contributed by atoms with van der Waals surface area (Å²) in [5.41, 5.74) is 8.78. The van der Waals surface area contributed by atoms with E-state index in [0.717, 1.165) is 22.7 Å². The van der Waals surface area contributed by atoms with Gasteiger partial charge >= 0.3 is 0 Å². The smallest absolute Gasteiger partial charge is 0.0992 e. The van der Waals surface area contributed by atoms with Crippen molar-refractivity contribution in [1.82, 2.24) is 0 Å². The van der Waals surface area contributed by atoms with Gasteiger partial charge in [-0.05, 0) is 24.5 Å². The van der Waals surface area contributed by atoms with Crippen molar-refractivity contribution in [3.8, 4) is 0 Å². The molecule has 0 aliphatic heterocycles. The number of hydrogen-bond donors (Lipinski definition) is 1. The third kappa shape index (κ3) is 1.97. The Kier molecular flexibility index (Phi) is 3.15. The van der Waals surface area contributed by atoms with Gasteiger partial charge in [0, 0.05) is 17.0 Å². The van der Waals surface area contributed by atoms with Crippen molar-refractivity contribution in [2.75, 3.05) is 0 Å². The van der Waals surface area contributed by atoms with Crippen molar-refractivity contribution >= 4 is 34.5 Å². The van der Waals surface area contributed by atoms with Crippen LogP contribution in [-0.2, 0) is 5.41 Å². The first-order chi connectivity index (χ1) is 8.63. The maximum Gasteiger partial charge on any atom is 0.0992 e. The lowest BCUT2D eigenvalue weighted by Crippen LogP contribution is -2.26. The summed E-state index contributed by atoms with van der Waals surface area (Å²) in [6.07, 6.45) is 2.23. The molecule has 1 aliphatic rings. The van der Waals surface area contributed by atoms with Gasteiger partial charge in [-0.2, -0.15) is 0 Å². The highest BCUT2D eigenvalue weighted by Gasteiger charge is 2.50. The van der Waals surface area contributed by atoms with E-state index in [-0.39, 0.29) is 11.5 Å². The van der Waals surface area contributed by atoms with Crippen molar-refractivity contribution in [2.45, 2.75) is 24.3 Å². The van der Waals surface area contributed by atoms with E-state index in [2.05, 4.69) is 24.3 Å². The first-order valence-electron chi connectivity index (χ1n) is 5.89. The molecule has 1 heterocycles. The van der Waals surface area contributed by atoms with Crippen molar-refractivity contribution in [3.05, 3.63) is 56.2 Å². The molecule has 0 bridgehead atoms. The molecule has 4 heteroatoms. The Morgan fingerprint density at radius 2 is 1.83 bits per heavy atom. The summed E-state index contributed by atoms with van der Waals surface area (Å²) in [4.78, 5) is 0. The lowest BCUT2D eigenvalue weighted by molar-refractivity contribution is 0.543. The topological polar surface area (TPSA) is 26.0 Å². The van der Waals surface area contributed by atoms with Crippen molar-refractivity contribution < 1.29 is 0 Å². The molecule has 3 rings (SSSR count). The molecule has 1 saturated carbocycles. The highest BCUT2D eigenvalue weighted by molar-refractivity contribution is 7.20. The predicted molar refractivity (Wildman–Crippen MR) is 78.6 cm³/mol. The second kappa shape index (κ2) is 4.53. The van der Waals surface area contributed by atoms with E-state index in [9.17, 15) is 0 Å². The van der Waals surface area contributed by atoms with Crippen LogP contribution in [0.5, 0.6) is 0 Å². The minimum absolute atomic E-state index is 0.0509. The summed E-state index contributed by atoms with van der Waals surface area (Å²) in [5.74, 6) is 0. The summed E-state index contributed by atoms with van der Waals surface area (Å²) < 4.78 is 1.42. The fraction of sp³-hybridized carbons (Fsp3) is 0.286. The molecule has 0 amide bonds. The normalized spacial score (nSPS) is 18.6. The molecule has 0 radical (unpaired) electrons. The van der Waals surface area contributed by atoms with Gasteiger partial charge in [-0.15, -0.1) is 11.3 Å². The van der Waals surface area contributed by atoms with E-state index >= 15 is 0 Å². The highest BCUT2D eigenvalue weighted by Crippen LogP contribution is 2.57. The number of nitrogens with two attached hydrogens (primary N) is 1. The minimum Gasteiger partial charge on any atom is -0.323 e. The van der Waals surface area contributed by atoms with E-state index in [4.69, 9.17) is 28.9 Å². The van der Waals surface area contributed by atoms with Crippen LogP contribution in [0.1, 0.15) is 30.0 Å². The molecule has 18 heavy (non-hydrogen) atoms. The minimum atomic E-state index is -0.0730. The fourth-order valence-corrected chi connectivity index (χ4v) is 4.10. The zero-order valence-electron chi connectivity index (χ0n) is 9.70. The summed E-state index contributed by atoms with van der Waals surface area (Å²) >= 11 is 13.6. The van der Waals surface area contributed by atoms with E-state index in [1.165, 1.54) is 16.9 Å². The van der Waals surface area contributed by atoms with Gasteiger partial charge in [0.15, 0.2) is 0 Å². The van der Waals surface area contributed by atoms with Gasteiger partial charge in [0.05, 0.1) is 8.67 Å². The van der Waals surface area contributed by atoms with Gasteiger partial charge in [-0.3, -0.25) is 0 Å². The summed E-state index contributed by atoms with van der Waals surface area (Å²) in [6.45, 7) is 0. The largest absolute Gasteiger partial charge is 0.323 e. The second-order valence-corrected chi connectivity index (χ2v) is 7.06. The Morgan fingerprint density at radius 1 is 1.17 bits per heavy atom. The second-order valence-electron chi connectivity index (χ2n) is 4.78. The van der Waals surface area contributed by atoms with Gasteiger partial charge in [-0.25, -0.2) is 0 Å². The van der Waals surface area contributed by atoms with Crippen molar-refractivity contribution in [1.29, 1.82) is 0 Å². The zero-order valence-corrected chi connectivity index (χ0v) is 12.0. The van der Waals surface area contributed by atoms with E-state index in [1.807, 2.05) is 12.1 Å². The molecule has 2 aromatic rings. The van der Waals surface area contributed by atoms with Crippen molar-refractivity contribution in [3.63, 3.8) is 0 Å². The van der Waals surface area contributed by atoms with Gasteiger partial charge in [0.2, 0.25) is 0 Å². The summed E-state index contributed by atoms with van der Waals surface area (Å²) in [6, 6.07) is 12.3. The maximum absolute atomic E-state index is 6.45. The number of halogens is 2. The number of hydrogen-bond acceptors (Lipinski definition) is 2. The van der Waals surface area contributed by atoms with Gasteiger partial charge in [0.25, 0.3) is 0 Å². The Morgan fingerprint density at radius 3 is 2.33 bits per heavy atom. The Balaban J connectivity index is 1.98. The van der Waals surface area contributed by atoms with Crippen LogP contribution in [0.15, 0.2) is 36.4 Å². The number of benzene rings is 1. The van der Waals surface area contributed by atoms with Crippen LogP contribution in [0.4, 0.5) is 0 Å². The SMILES string of the molecule is NC(c1cc(Cl)sc1Cl)C1(c2ccccc2)CC1. The fourth-order valence-electron chi connectivity index (χ4n) is 2.55. The summed E-state index contributed by atoms with van der Waals surface area (Å²) in [7, 11) is 0. The molecule has 1 fully saturated rings. The summed E-state index contributed by atoms with van der Waals surface area (Å²) in [5, 5.41) is 0. The van der Waals surface area contributed by atoms with Crippen LogP contribution >= 0.6 is 34.5 Å². The Labute approximate surface area is 121 Å². The van der Waals surface area contributed by atoms with Crippen LogP contribution in [-0.4, -0.2) is 0 Å². The lowest BCUT2D eigenvalue weighted by atomic mass is 9.85. The number of rotatable bonds is 3. The molecule has 2 N–H and O–H groups in total. The first-order valence-corrected chi connectivity index (χ1v) is 7.46. The highest BCUT2D eigenvalue weighted by atomic mass is 35.5. The average Bonchev–Trinajstić information content (AvgIpc) is 3.11. The third-order valence-electron chi connectivity index (χ3n) is 3.75. The van der Waals surface area contributed by atoms with Gasteiger partial charge in [-0.1, -0.05) is 53.5 Å².